The molecular formula is C16H23NO3. The number of phenols is 1. The summed E-state index contributed by atoms with van der Waals surface area (Å²) in [5, 5.41) is 19.2. The zero-order chi connectivity index (χ0) is 14.7. The maximum Gasteiger partial charge on any atom is 0.227 e. The summed E-state index contributed by atoms with van der Waals surface area (Å²) in [4.78, 5) is 14.2. The summed E-state index contributed by atoms with van der Waals surface area (Å²) < 4.78 is 0. The van der Waals surface area contributed by atoms with Crippen molar-refractivity contribution in [3.63, 3.8) is 0 Å². The molecule has 0 radical (unpaired) electrons. The van der Waals surface area contributed by atoms with Crippen LogP contribution in [0.25, 0.3) is 0 Å². The highest BCUT2D eigenvalue weighted by Crippen LogP contribution is 2.23. The lowest BCUT2D eigenvalue weighted by Gasteiger charge is -2.26. The van der Waals surface area contributed by atoms with E-state index in [1.54, 1.807) is 13.0 Å². The highest BCUT2D eigenvalue weighted by molar-refractivity contribution is 5.79. The molecule has 1 heterocycles. The van der Waals surface area contributed by atoms with Crippen LogP contribution in [-0.4, -0.2) is 39.7 Å². The fraction of sp³-hybridized carbons (Fsp3) is 0.562. The molecule has 110 valence electrons. The molecule has 0 spiro atoms. The summed E-state index contributed by atoms with van der Waals surface area (Å²) in [6.07, 6.45) is 2.55. The molecule has 1 aromatic rings. The number of carbonyl (C=O) groups excluding carboxylic acids is 1. The van der Waals surface area contributed by atoms with Crippen LogP contribution in [0.3, 0.4) is 0 Å². The van der Waals surface area contributed by atoms with Gasteiger partial charge in [0, 0.05) is 12.6 Å². The van der Waals surface area contributed by atoms with E-state index in [0.717, 1.165) is 30.5 Å². The number of aliphatic hydroxyl groups is 1. The van der Waals surface area contributed by atoms with Crippen LogP contribution in [0, 0.1) is 6.92 Å². The van der Waals surface area contributed by atoms with Crippen LogP contribution in [0.15, 0.2) is 18.2 Å². The average molecular weight is 277 g/mol. The number of hydrogen-bond donors (Lipinski definition) is 2. The molecule has 1 aliphatic heterocycles. The minimum Gasteiger partial charge on any atom is -0.508 e. The number of likely N-dealkylation sites (tertiary alicyclic amines) is 1. The highest BCUT2D eigenvalue weighted by Gasteiger charge is 2.29. The minimum atomic E-state index is -0.378. The number of benzene rings is 1. The number of aryl methyl sites for hydroxylation is 1. The van der Waals surface area contributed by atoms with E-state index in [2.05, 4.69) is 0 Å². The van der Waals surface area contributed by atoms with Crippen LogP contribution < -0.4 is 0 Å². The molecule has 2 rings (SSSR count). The van der Waals surface area contributed by atoms with Crippen molar-refractivity contribution in [2.24, 2.45) is 0 Å². The first-order valence-corrected chi connectivity index (χ1v) is 7.23. The topological polar surface area (TPSA) is 60.8 Å². The van der Waals surface area contributed by atoms with Gasteiger partial charge in [0.1, 0.15) is 5.75 Å². The number of phenolic OH excluding ortho intramolecular Hbond substituents is 1. The van der Waals surface area contributed by atoms with Gasteiger partial charge < -0.3 is 15.1 Å². The molecule has 0 aliphatic carbocycles. The molecule has 1 fully saturated rings. The molecule has 1 saturated heterocycles. The number of rotatable bonds is 4. The molecule has 4 nitrogen and oxygen atoms in total. The first-order valence-electron chi connectivity index (χ1n) is 7.23. The highest BCUT2D eigenvalue weighted by atomic mass is 16.3. The van der Waals surface area contributed by atoms with E-state index in [1.165, 1.54) is 0 Å². The van der Waals surface area contributed by atoms with Gasteiger partial charge in [-0.15, -0.1) is 0 Å². The molecule has 2 unspecified atom stereocenters. The van der Waals surface area contributed by atoms with Crippen molar-refractivity contribution in [1.82, 2.24) is 4.90 Å². The molecule has 1 amide bonds. The van der Waals surface area contributed by atoms with Crippen molar-refractivity contribution in [3.05, 3.63) is 29.3 Å². The van der Waals surface area contributed by atoms with Crippen molar-refractivity contribution in [3.8, 4) is 5.75 Å². The van der Waals surface area contributed by atoms with Crippen LogP contribution in [0.4, 0.5) is 0 Å². The van der Waals surface area contributed by atoms with Gasteiger partial charge in [-0.05, 0) is 50.3 Å². The smallest absolute Gasteiger partial charge is 0.227 e. The molecule has 2 N–H and O–H groups in total. The second kappa shape index (κ2) is 6.27. The Bertz CT molecular complexity index is 485. The summed E-state index contributed by atoms with van der Waals surface area (Å²) in [6, 6.07) is 5.52. The molecule has 1 aromatic carbocycles. The van der Waals surface area contributed by atoms with Crippen molar-refractivity contribution < 1.29 is 15.0 Å². The zero-order valence-electron chi connectivity index (χ0n) is 12.2. The Labute approximate surface area is 120 Å². The lowest BCUT2D eigenvalue weighted by Crippen LogP contribution is -2.38. The van der Waals surface area contributed by atoms with Crippen molar-refractivity contribution in [2.45, 2.75) is 51.7 Å². The summed E-state index contributed by atoms with van der Waals surface area (Å²) in [7, 11) is 0. The van der Waals surface area contributed by atoms with Crippen LogP contribution >= 0.6 is 0 Å². The van der Waals surface area contributed by atoms with E-state index in [-0.39, 0.29) is 23.8 Å². The Morgan fingerprint density at radius 1 is 1.50 bits per heavy atom. The summed E-state index contributed by atoms with van der Waals surface area (Å²) in [6.45, 7) is 4.37. The van der Waals surface area contributed by atoms with Gasteiger partial charge in [0.25, 0.3) is 0 Å². The molecule has 4 heteroatoms. The fourth-order valence-electron chi connectivity index (χ4n) is 2.84. The number of nitrogens with zero attached hydrogens (tertiary/aromatic N) is 1. The predicted molar refractivity (Wildman–Crippen MR) is 77.6 cm³/mol. The maximum atomic E-state index is 12.4. The second-order valence-corrected chi connectivity index (χ2v) is 5.77. The molecule has 0 saturated carbocycles. The lowest BCUT2D eigenvalue weighted by atomic mass is 10.1. The van der Waals surface area contributed by atoms with Gasteiger partial charge in [-0.2, -0.15) is 0 Å². The molecule has 20 heavy (non-hydrogen) atoms. The second-order valence-electron chi connectivity index (χ2n) is 5.77. The lowest BCUT2D eigenvalue weighted by molar-refractivity contribution is -0.131. The summed E-state index contributed by atoms with van der Waals surface area (Å²) >= 11 is 0. The molecule has 2 atom stereocenters. The Morgan fingerprint density at radius 3 is 2.90 bits per heavy atom. The third-order valence-electron chi connectivity index (χ3n) is 3.94. The molecule has 0 aromatic heterocycles. The van der Waals surface area contributed by atoms with Crippen molar-refractivity contribution >= 4 is 5.91 Å². The maximum absolute atomic E-state index is 12.4. The van der Waals surface area contributed by atoms with Gasteiger partial charge in [-0.1, -0.05) is 12.1 Å². The van der Waals surface area contributed by atoms with Crippen LogP contribution in [-0.2, 0) is 11.2 Å². The van der Waals surface area contributed by atoms with Crippen LogP contribution in [0.5, 0.6) is 5.75 Å². The third-order valence-corrected chi connectivity index (χ3v) is 3.94. The molecule has 1 aliphatic rings. The Kier molecular flexibility index (Phi) is 4.65. The van der Waals surface area contributed by atoms with Crippen molar-refractivity contribution in [2.75, 3.05) is 6.54 Å². The number of hydrogen-bond acceptors (Lipinski definition) is 3. The van der Waals surface area contributed by atoms with Gasteiger partial charge in [-0.25, -0.2) is 0 Å². The largest absolute Gasteiger partial charge is 0.508 e. The van der Waals surface area contributed by atoms with Gasteiger partial charge in [-0.3, -0.25) is 4.79 Å². The Balaban J connectivity index is 2.01. The molecular weight excluding hydrogens is 254 g/mol. The van der Waals surface area contributed by atoms with E-state index in [4.69, 9.17) is 0 Å². The standard InChI is InChI=1S/C16H23NO3/c1-11-5-6-13(9-15(11)19)10-16(20)17-7-3-4-14(17)8-12(2)18/h5-6,9,12,14,18-19H,3-4,7-8,10H2,1-2H3. The van der Waals surface area contributed by atoms with Crippen molar-refractivity contribution in [1.29, 1.82) is 0 Å². The van der Waals surface area contributed by atoms with E-state index in [0.29, 0.717) is 12.8 Å². The number of amides is 1. The Morgan fingerprint density at radius 2 is 2.25 bits per heavy atom. The first-order chi connectivity index (χ1) is 9.47. The van der Waals surface area contributed by atoms with E-state index < -0.39 is 0 Å². The summed E-state index contributed by atoms with van der Waals surface area (Å²) in [5.41, 5.74) is 1.65. The van der Waals surface area contributed by atoms with E-state index in [9.17, 15) is 15.0 Å². The van der Waals surface area contributed by atoms with Gasteiger partial charge in [0.05, 0.1) is 12.5 Å². The summed E-state index contributed by atoms with van der Waals surface area (Å²) in [5.74, 6) is 0.314. The number of carbonyl (C=O) groups is 1. The fourth-order valence-corrected chi connectivity index (χ4v) is 2.84. The van der Waals surface area contributed by atoms with E-state index in [1.807, 2.05) is 24.0 Å². The van der Waals surface area contributed by atoms with Gasteiger partial charge >= 0.3 is 0 Å². The van der Waals surface area contributed by atoms with Crippen LogP contribution in [0.1, 0.15) is 37.3 Å². The SMILES string of the molecule is Cc1ccc(CC(=O)N2CCCC2CC(C)O)cc1O. The van der Waals surface area contributed by atoms with Gasteiger partial charge in [0.2, 0.25) is 5.91 Å². The van der Waals surface area contributed by atoms with Gasteiger partial charge in [0.15, 0.2) is 0 Å². The normalized spacial score (nSPS) is 20.1. The minimum absolute atomic E-state index is 0.0800. The average Bonchev–Trinajstić information content (AvgIpc) is 2.81. The number of aliphatic hydroxyl groups excluding tert-OH is 1. The predicted octanol–water partition coefficient (Wildman–Crippen LogP) is 2.01. The zero-order valence-corrected chi connectivity index (χ0v) is 12.2. The third kappa shape index (κ3) is 3.51. The number of aromatic hydroxyl groups is 1. The quantitative estimate of drug-likeness (QED) is 0.885. The van der Waals surface area contributed by atoms with E-state index >= 15 is 0 Å². The molecule has 0 bridgehead atoms. The first kappa shape index (κ1) is 14.9. The Hall–Kier alpha value is -1.55. The van der Waals surface area contributed by atoms with Crippen LogP contribution in [0.2, 0.25) is 0 Å². The monoisotopic (exact) mass is 277 g/mol.